The maximum absolute atomic E-state index is 14.3. The van der Waals surface area contributed by atoms with Crippen molar-refractivity contribution >= 4 is 17.6 Å². The largest absolute Gasteiger partial charge is 0.352 e. The molecule has 5 aliphatic rings. The predicted octanol–water partition coefficient (Wildman–Crippen LogP) is 5.63. The number of nitriles is 1. The van der Waals surface area contributed by atoms with Gasteiger partial charge in [-0.3, -0.25) is 9.59 Å². The van der Waals surface area contributed by atoms with Crippen molar-refractivity contribution in [3.63, 3.8) is 0 Å². The quantitative estimate of drug-likeness (QED) is 0.481. The molecule has 6 nitrogen and oxygen atoms in total. The molecule has 6 heteroatoms. The topological polar surface area (TPSA) is 113 Å². The maximum atomic E-state index is 14.3. The Morgan fingerprint density at radius 3 is 2.30 bits per heavy atom. The number of nitrogens with zero attached hydrogens (tertiary/aromatic N) is 1. The van der Waals surface area contributed by atoms with Gasteiger partial charge in [0.15, 0.2) is 11.6 Å². The lowest BCUT2D eigenvalue weighted by Gasteiger charge is -2.69. The highest BCUT2D eigenvalue weighted by Gasteiger charge is 2.70. The van der Waals surface area contributed by atoms with Crippen molar-refractivity contribution in [1.29, 1.82) is 5.26 Å². The van der Waals surface area contributed by atoms with Gasteiger partial charge in [-0.05, 0) is 79.1 Å². The van der Waals surface area contributed by atoms with Gasteiger partial charge >= 0.3 is 6.03 Å². The number of urea groups is 1. The molecule has 0 aromatic heterocycles. The van der Waals surface area contributed by atoms with E-state index < -0.39 is 22.4 Å². The zero-order chi connectivity index (χ0) is 27.4. The standard InChI is InChI=1S/C31H43N3O3/c1-26(2)10-12-31(34-25(33)37)13-11-30(7)23(19(31)16-26)20(35)14-22-28(5)15-18(17-32)24(36)27(3,4)21(28)8-9-29(22,30)6/h14-15,19,21,23H,8-13,16H2,1-7H3,(H3,33,34,37)/t19-,21-,23-,28-,29+,30+,31-/m0/s1. The molecule has 0 heterocycles. The number of primary amides is 1. The van der Waals surface area contributed by atoms with Crippen molar-refractivity contribution in [2.24, 2.45) is 50.6 Å². The highest BCUT2D eigenvalue weighted by molar-refractivity contribution is 6.04. The Balaban J connectivity index is 1.69. The molecule has 5 aliphatic carbocycles. The van der Waals surface area contributed by atoms with E-state index >= 15 is 0 Å². The third-order valence-corrected chi connectivity index (χ3v) is 12.2. The van der Waals surface area contributed by atoms with Gasteiger partial charge in [-0.15, -0.1) is 0 Å². The second-order valence-corrected chi connectivity index (χ2v) is 14.9. The minimum atomic E-state index is -0.669. The Morgan fingerprint density at radius 1 is 1.03 bits per heavy atom. The molecule has 3 fully saturated rings. The normalized spacial score (nSPS) is 45.6. The molecule has 200 valence electrons. The Hall–Kier alpha value is -2.42. The van der Waals surface area contributed by atoms with Crippen molar-refractivity contribution < 1.29 is 14.4 Å². The van der Waals surface area contributed by atoms with Crippen LogP contribution in [0, 0.1) is 56.2 Å². The van der Waals surface area contributed by atoms with Crippen LogP contribution in [0.25, 0.3) is 0 Å². The fourth-order valence-corrected chi connectivity index (χ4v) is 10.1. The van der Waals surface area contributed by atoms with E-state index in [0.29, 0.717) is 0 Å². The lowest BCUT2D eigenvalue weighted by Crippen LogP contribution is -2.70. The van der Waals surface area contributed by atoms with Crippen LogP contribution in [0.4, 0.5) is 4.79 Å². The molecule has 0 bridgehead atoms. The van der Waals surface area contributed by atoms with E-state index in [1.54, 1.807) is 0 Å². The smallest absolute Gasteiger partial charge is 0.312 e. The molecule has 3 saturated carbocycles. The SMILES string of the molecule is CC1(C)CC[C@]2(NC(N)=O)CC[C@]3(C)[C@H](C(=O)C=C4[C@@]5(C)C=C(C#N)C(=O)C(C)(C)[C@@H]5CC[C@]43C)[C@@H]2C1. The van der Waals surface area contributed by atoms with Gasteiger partial charge < -0.3 is 11.1 Å². The van der Waals surface area contributed by atoms with E-state index in [2.05, 4.69) is 46.0 Å². The van der Waals surface area contributed by atoms with Gasteiger partial charge in [-0.2, -0.15) is 5.26 Å². The van der Waals surface area contributed by atoms with E-state index in [1.165, 1.54) is 0 Å². The highest BCUT2D eigenvalue weighted by atomic mass is 16.2. The molecular formula is C31H43N3O3. The predicted molar refractivity (Wildman–Crippen MR) is 142 cm³/mol. The van der Waals surface area contributed by atoms with Crippen LogP contribution < -0.4 is 11.1 Å². The van der Waals surface area contributed by atoms with Gasteiger partial charge in [-0.1, -0.05) is 60.1 Å². The van der Waals surface area contributed by atoms with Gasteiger partial charge in [0.2, 0.25) is 0 Å². The first kappa shape index (κ1) is 26.2. The number of rotatable bonds is 1. The average Bonchev–Trinajstić information content (AvgIpc) is 2.78. The van der Waals surface area contributed by atoms with Crippen LogP contribution in [0.5, 0.6) is 0 Å². The highest BCUT2D eigenvalue weighted by Crippen LogP contribution is 2.73. The van der Waals surface area contributed by atoms with Crippen LogP contribution in [0.2, 0.25) is 0 Å². The maximum Gasteiger partial charge on any atom is 0.312 e. The van der Waals surface area contributed by atoms with Crippen molar-refractivity contribution in [3.8, 4) is 6.07 Å². The summed E-state index contributed by atoms with van der Waals surface area (Å²) in [5.74, 6) is -0.109. The molecule has 0 spiro atoms. The monoisotopic (exact) mass is 505 g/mol. The van der Waals surface area contributed by atoms with E-state index in [0.717, 1.165) is 50.5 Å². The van der Waals surface area contributed by atoms with Crippen LogP contribution in [0.3, 0.4) is 0 Å². The first-order chi connectivity index (χ1) is 17.0. The second kappa shape index (κ2) is 7.58. The van der Waals surface area contributed by atoms with Crippen molar-refractivity contribution in [3.05, 3.63) is 23.3 Å². The second-order valence-electron chi connectivity index (χ2n) is 14.9. The number of nitrogens with one attached hydrogen (secondary N) is 1. The van der Waals surface area contributed by atoms with Gasteiger partial charge in [0.1, 0.15) is 6.07 Å². The summed E-state index contributed by atoms with van der Waals surface area (Å²) in [6.45, 7) is 15.2. The number of allylic oxidation sites excluding steroid dienone is 4. The van der Waals surface area contributed by atoms with Crippen molar-refractivity contribution in [1.82, 2.24) is 5.32 Å². The Kier molecular flexibility index (Phi) is 5.37. The molecule has 7 atom stereocenters. The van der Waals surface area contributed by atoms with Gasteiger partial charge in [-0.25, -0.2) is 4.79 Å². The molecule has 0 unspecified atom stereocenters. The van der Waals surface area contributed by atoms with Crippen molar-refractivity contribution in [2.45, 2.75) is 99.0 Å². The third kappa shape index (κ3) is 3.25. The number of fused-ring (bicyclic) bond motifs is 7. The zero-order valence-corrected chi connectivity index (χ0v) is 23.6. The first-order valence-electron chi connectivity index (χ1n) is 14.0. The van der Waals surface area contributed by atoms with E-state index in [1.807, 2.05) is 26.0 Å². The lowest BCUT2D eigenvalue weighted by molar-refractivity contribution is -0.160. The number of carbonyl (C=O) groups is 3. The Labute approximate surface area is 221 Å². The summed E-state index contributed by atoms with van der Waals surface area (Å²) < 4.78 is 0. The minimum absolute atomic E-state index is 0.0183. The number of nitrogens with two attached hydrogens (primary N) is 1. The molecular weight excluding hydrogens is 462 g/mol. The fraction of sp³-hybridized carbons (Fsp3) is 0.742. The summed E-state index contributed by atoms with van der Waals surface area (Å²) in [6, 6.07) is 1.67. The van der Waals surface area contributed by atoms with E-state index in [-0.39, 0.29) is 51.1 Å². The molecule has 5 rings (SSSR count). The van der Waals surface area contributed by atoms with Gasteiger partial charge in [0.25, 0.3) is 0 Å². The van der Waals surface area contributed by atoms with Gasteiger partial charge in [0, 0.05) is 22.3 Å². The van der Waals surface area contributed by atoms with Crippen LogP contribution in [-0.2, 0) is 9.59 Å². The number of hydrogen-bond donors (Lipinski definition) is 2. The number of hydrogen-bond acceptors (Lipinski definition) is 4. The Bertz CT molecular complexity index is 1200. The Morgan fingerprint density at radius 2 is 1.68 bits per heavy atom. The minimum Gasteiger partial charge on any atom is -0.352 e. The van der Waals surface area contributed by atoms with E-state index in [4.69, 9.17) is 5.73 Å². The number of amides is 2. The van der Waals surface area contributed by atoms with Gasteiger partial charge in [0.05, 0.1) is 5.57 Å². The molecule has 2 amide bonds. The fourth-order valence-electron chi connectivity index (χ4n) is 10.1. The van der Waals surface area contributed by atoms with Crippen molar-refractivity contribution in [2.75, 3.05) is 0 Å². The number of Topliss-reactive ketones (excluding diaryl/α,β-unsaturated/α-hetero) is 1. The molecule has 37 heavy (non-hydrogen) atoms. The summed E-state index contributed by atoms with van der Waals surface area (Å²) in [4.78, 5) is 39.7. The van der Waals surface area contributed by atoms with Crippen LogP contribution >= 0.6 is 0 Å². The molecule has 0 saturated heterocycles. The summed E-state index contributed by atoms with van der Waals surface area (Å²) in [5, 5.41) is 13.0. The summed E-state index contributed by atoms with van der Waals surface area (Å²) in [5.41, 5.74) is 4.90. The molecule has 0 aromatic rings. The molecule has 0 aromatic carbocycles. The van der Waals surface area contributed by atoms with Crippen LogP contribution in [0.1, 0.15) is 93.4 Å². The summed E-state index contributed by atoms with van der Waals surface area (Å²) in [7, 11) is 0. The molecule has 0 aliphatic heterocycles. The molecule has 0 radical (unpaired) electrons. The summed E-state index contributed by atoms with van der Waals surface area (Å²) in [6.07, 6.45) is 9.89. The van der Waals surface area contributed by atoms with E-state index in [9.17, 15) is 19.6 Å². The van der Waals surface area contributed by atoms with Crippen LogP contribution in [0.15, 0.2) is 23.3 Å². The third-order valence-electron chi connectivity index (χ3n) is 12.2. The summed E-state index contributed by atoms with van der Waals surface area (Å²) >= 11 is 0. The van der Waals surface area contributed by atoms with Crippen LogP contribution in [-0.4, -0.2) is 23.1 Å². The zero-order valence-electron chi connectivity index (χ0n) is 23.6. The number of carbonyl (C=O) groups excluding carboxylic acids is 3. The first-order valence-corrected chi connectivity index (χ1v) is 14.0. The molecule has 3 N–H and O–H groups in total. The average molecular weight is 506 g/mol. The number of ketones is 2. The lowest BCUT2D eigenvalue weighted by atomic mass is 9.35.